The third-order valence-electron chi connectivity index (χ3n) is 3.89. The number of halogens is 2. The van der Waals surface area contributed by atoms with Crippen LogP contribution in [-0.2, 0) is 0 Å². The molecule has 3 atom stereocenters. The number of aliphatic hydroxyl groups excluding tert-OH is 1. The van der Waals surface area contributed by atoms with Gasteiger partial charge in [-0.1, -0.05) is 24.1 Å². The van der Waals surface area contributed by atoms with Gasteiger partial charge in [0.15, 0.2) is 0 Å². The summed E-state index contributed by atoms with van der Waals surface area (Å²) < 4.78 is 13.9. The maximum atomic E-state index is 13.9. The first-order valence-electron chi connectivity index (χ1n) is 6.68. The number of hydrogen-bond donors (Lipinski definition) is 3. The van der Waals surface area contributed by atoms with Gasteiger partial charge >= 0.3 is 0 Å². The van der Waals surface area contributed by atoms with Gasteiger partial charge in [0.05, 0.1) is 0 Å². The van der Waals surface area contributed by atoms with Crippen molar-refractivity contribution in [2.24, 2.45) is 11.7 Å². The molecule has 1 aliphatic rings. The van der Waals surface area contributed by atoms with Crippen LogP contribution < -0.4 is 11.1 Å². The fourth-order valence-electron chi connectivity index (χ4n) is 2.85. The summed E-state index contributed by atoms with van der Waals surface area (Å²) in [7, 11) is 0. The Bertz CT molecular complexity index is 410. The van der Waals surface area contributed by atoms with Crippen molar-refractivity contribution in [2.75, 3.05) is 13.2 Å². The minimum Gasteiger partial charge on any atom is -0.396 e. The molecule has 5 heteroatoms. The standard InChI is InChI=1S/C14H20ClFN2O/c15-10-4-2-5-11(16)14(10)13(7-17)18-12-6-1-3-9(12)8-19/h2,4-5,9,12-13,18-19H,1,3,6-8,17H2. The van der Waals surface area contributed by atoms with E-state index in [9.17, 15) is 9.50 Å². The number of aliphatic hydroxyl groups is 1. The molecule has 0 saturated heterocycles. The summed E-state index contributed by atoms with van der Waals surface area (Å²) >= 11 is 6.07. The lowest BCUT2D eigenvalue weighted by atomic mass is 10.0. The van der Waals surface area contributed by atoms with Gasteiger partial charge in [-0.25, -0.2) is 4.39 Å². The number of benzene rings is 1. The number of nitrogens with one attached hydrogen (secondary N) is 1. The highest BCUT2D eigenvalue weighted by molar-refractivity contribution is 6.31. The summed E-state index contributed by atoms with van der Waals surface area (Å²) in [6.07, 6.45) is 3.05. The summed E-state index contributed by atoms with van der Waals surface area (Å²) in [5.74, 6) is -0.117. The monoisotopic (exact) mass is 286 g/mol. The first-order chi connectivity index (χ1) is 9.17. The van der Waals surface area contributed by atoms with Crippen LogP contribution in [0.3, 0.4) is 0 Å². The van der Waals surface area contributed by atoms with Crippen LogP contribution in [0, 0.1) is 11.7 Å². The molecule has 0 aromatic heterocycles. The van der Waals surface area contributed by atoms with Crippen LogP contribution >= 0.6 is 11.6 Å². The third kappa shape index (κ3) is 3.26. The van der Waals surface area contributed by atoms with Crippen molar-refractivity contribution >= 4 is 11.6 Å². The Hall–Kier alpha value is -0.680. The van der Waals surface area contributed by atoms with Crippen molar-refractivity contribution < 1.29 is 9.50 Å². The van der Waals surface area contributed by atoms with Crippen LogP contribution in [0.4, 0.5) is 4.39 Å². The first-order valence-corrected chi connectivity index (χ1v) is 7.06. The number of hydrogen-bond acceptors (Lipinski definition) is 3. The molecule has 3 nitrogen and oxygen atoms in total. The molecule has 2 rings (SSSR count). The van der Waals surface area contributed by atoms with Gasteiger partial charge in [-0.2, -0.15) is 0 Å². The zero-order valence-electron chi connectivity index (χ0n) is 10.8. The van der Waals surface area contributed by atoms with Gasteiger partial charge in [0.25, 0.3) is 0 Å². The second-order valence-electron chi connectivity index (χ2n) is 5.07. The van der Waals surface area contributed by atoms with Crippen LogP contribution in [0.2, 0.25) is 5.02 Å². The average Bonchev–Trinajstić information content (AvgIpc) is 2.84. The highest BCUT2D eigenvalue weighted by Crippen LogP contribution is 2.30. The van der Waals surface area contributed by atoms with E-state index in [1.54, 1.807) is 12.1 Å². The van der Waals surface area contributed by atoms with E-state index in [-0.39, 0.29) is 37.0 Å². The predicted molar refractivity (Wildman–Crippen MR) is 74.6 cm³/mol. The van der Waals surface area contributed by atoms with E-state index in [1.807, 2.05) is 0 Å². The highest BCUT2D eigenvalue weighted by Gasteiger charge is 2.29. The minimum absolute atomic E-state index is 0.153. The fourth-order valence-corrected chi connectivity index (χ4v) is 3.14. The Labute approximate surface area is 117 Å². The Morgan fingerprint density at radius 1 is 1.47 bits per heavy atom. The summed E-state index contributed by atoms with van der Waals surface area (Å²) in [4.78, 5) is 0. The van der Waals surface area contributed by atoms with E-state index < -0.39 is 0 Å². The Morgan fingerprint density at radius 2 is 2.26 bits per heavy atom. The second-order valence-corrected chi connectivity index (χ2v) is 5.48. The van der Waals surface area contributed by atoms with E-state index in [1.165, 1.54) is 6.07 Å². The summed E-state index contributed by atoms with van der Waals surface area (Å²) in [6.45, 7) is 0.426. The van der Waals surface area contributed by atoms with Crippen molar-refractivity contribution in [3.8, 4) is 0 Å². The van der Waals surface area contributed by atoms with Crippen LogP contribution in [-0.4, -0.2) is 24.3 Å². The van der Waals surface area contributed by atoms with Gasteiger partial charge < -0.3 is 16.2 Å². The SMILES string of the molecule is NCC(NC1CCCC1CO)c1c(F)cccc1Cl. The second kappa shape index (κ2) is 6.66. The topological polar surface area (TPSA) is 58.3 Å². The predicted octanol–water partition coefficient (Wildman–Crippen LogP) is 2.23. The van der Waals surface area contributed by atoms with Crippen molar-refractivity contribution in [1.82, 2.24) is 5.32 Å². The van der Waals surface area contributed by atoms with E-state index in [0.717, 1.165) is 19.3 Å². The quantitative estimate of drug-likeness (QED) is 0.778. The summed E-state index contributed by atoms with van der Waals surface area (Å²) in [5, 5.41) is 13.1. The molecule has 0 bridgehead atoms. The fraction of sp³-hybridized carbons (Fsp3) is 0.571. The Kier molecular flexibility index (Phi) is 5.16. The van der Waals surface area contributed by atoms with Crippen molar-refractivity contribution in [2.45, 2.75) is 31.3 Å². The van der Waals surface area contributed by atoms with Crippen LogP contribution in [0.1, 0.15) is 30.9 Å². The molecule has 3 unspecified atom stereocenters. The molecule has 0 aliphatic heterocycles. The Morgan fingerprint density at radius 3 is 2.89 bits per heavy atom. The minimum atomic E-state index is -0.339. The maximum Gasteiger partial charge on any atom is 0.129 e. The zero-order chi connectivity index (χ0) is 13.8. The molecular formula is C14H20ClFN2O. The largest absolute Gasteiger partial charge is 0.396 e. The van der Waals surface area contributed by atoms with Crippen LogP contribution in [0.25, 0.3) is 0 Å². The lowest BCUT2D eigenvalue weighted by molar-refractivity contribution is 0.199. The molecule has 0 radical (unpaired) electrons. The molecule has 19 heavy (non-hydrogen) atoms. The molecule has 4 N–H and O–H groups in total. The molecule has 1 aromatic carbocycles. The van der Waals surface area contributed by atoms with Gasteiger partial charge in [-0.05, 0) is 30.9 Å². The molecule has 1 aromatic rings. The van der Waals surface area contributed by atoms with Gasteiger partial charge in [-0.3, -0.25) is 0 Å². The molecule has 1 aliphatic carbocycles. The van der Waals surface area contributed by atoms with Crippen molar-refractivity contribution in [1.29, 1.82) is 0 Å². The van der Waals surface area contributed by atoms with Gasteiger partial charge in [0.1, 0.15) is 5.82 Å². The molecular weight excluding hydrogens is 267 g/mol. The molecule has 0 amide bonds. The smallest absolute Gasteiger partial charge is 0.129 e. The molecule has 1 fully saturated rings. The van der Waals surface area contributed by atoms with Gasteiger partial charge in [0.2, 0.25) is 0 Å². The van der Waals surface area contributed by atoms with Crippen LogP contribution in [0.5, 0.6) is 0 Å². The van der Waals surface area contributed by atoms with E-state index in [2.05, 4.69) is 5.32 Å². The third-order valence-corrected chi connectivity index (χ3v) is 4.22. The first kappa shape index (κ1) is 14.7. The molecule has 0 spiro atoms. The number of nitrogens with two attached hydrogens (primary N) is 1. The van der Waals surface area contributed by atoms with E-state index in [0.29, 0.717) is 10.6 Å². The van der Waals surface area contributed by atoms with E-state index in [4.69, 9.17) is 17.3 Å². The van der Waals surface area contributed by atoms with Crippen LogP contribution in [0.15, 0.2) is 18.2 Å². The Balaban J connectivity index is 2.16. The molecule has 106 valence electrons. The maximum absolute atomic E-state index is 13.9. The molecule has 1 saturated carbocycles. The lowest BCUT2D eigenvalue weighted by Gasteiger charge is -2.26. The molecule has 0 heterocycles. The zero-order valence-corrected chi connectivity index (χ0v) is 11.5. The van der Waals surface area contributed by atoms with Crippen molar-refractivity contribution in [3.63, 3.8) is 0 Å². The highest BCUT2D eigenvalue weighted by atomic mass is 35.5. The lowest BCUT2D eigenvalue weighted by Crippen LogP contribution is -2.40. The summed E-state index contributed by atoms with van der Waals surface area (Å²) in [6, 6.07) is 4.51. The average molecular weight is 287 g/mol. The normalized spacial score (nSPS) is 24.6. The van der Waals surface area contributed by atoms with Gasteiger partial charge in [0, 0.05) is 35.8 Å². The number of rotatable bonds is 5. The summed E-state index contributed by atoms with van der Waals surface area (Å²) in [5.41, 5.74) is 6.18. The van der Waals surface area contributed by atoms with E-state index >= 15 is 0 Å². The van der Waals surface area contributed by atoms with Gasteiger partial charge in [-0.15, -0.1) is 0 Å². The van der Waals surface area contributed by atoms with Crippen molar-refractivity contribution in [3.05, 3.63) is 34.6 Å².